The maximum absolute atomic E-state index is 13.4. The lowest BCUT2D eigenvalue weighted by molar-refractivity contribution is 0.0474. The number of carbonyl (C=O) groups excluding carboxylic acids is 2. The van der Waals surface area contributed by atoms with Crippen molar-refractivity contribution in [2.75, 3.05) is 20.3 Å². The largest absolute Gasteiger partial charge is 0.495 e. The van der Waals surface area contributed by atoms with Crippen molar-refractivity contribution in [1.82, 2.24) is 4.31 Å². The summed E-state index contributed by atoms with van der Waals surface area (Å²) in [5, 5.41) is 0. The summed E-state index contributed by atoms with van der Waals surface area (Å²) in [7, 11) is -2.48. The zero-order valence-electron chi connectivity index (χ0n) is 20.7. The van der Waals surface area contributed by atoms with Gasteiger partial charge in [-0.3, -0.25) is 4.79 Å². The fourth-order valence-corrected chi connectivity index (χ4v) is 6.36. The lowest BCUT2D eigenvalue weighted by Gasteiger charge is -2.32. The molecule has 184 valence electrons. The molecule has 0 bridgehead atoms. The van der Waals surface area contributed by atoms with Crippen LogP contribution in [-0.2, 0) is 14.8 Å². The molecule has 0 aliphatic carbocycles. The van der Waals surface area contributed by atoms with Crippen LogP contribution in [0.4, 0.5) is 0 Å². The topological polar surface area (TPSA) is 90.0 Å². The Bertz CT molecular complexity index is 1190. The van der Waals surface area contributed by atoms with Gasteiger partial charge in [0, 0.05) is 18.2 Å². The SMILES string of the molecule is COc1ccc(C(=O)OCC(=O)c2c(C)c(C)cc(C)c2C)cc1S(=O)(=O)N1CCCC[C@@H]1C. The molecule has 0 radical (unpaired) electrons. The molecule has 1 aliphatic rings. The second-order valence-electron chi connectivity index (χ2n) is 8.96. The zero-order chi connectivity index (χ0) is 25.2. The van der Waals surface area contributed by atoms with Crippen LogP contribution in [0.15, 0.2) is 29.2 Å². The minimum absolute atomic E-state index is 0.0469. The highest BCUT2D eigenvalue weighted by molar-refractivity contribution is 7.89. The van der Waals surface area contributed by atoms with Crippen molar-refractivity contribution in [3.05, 3.63) is 57.6 Å². The van der Waals surface area contributed by atoms with Crippen molar-refractivity contribution in [2.45, 2.75) is 64.8 Å². The van der Waals surface area contributed by atoms with Gasteiger partial charge in [0.15, 0.2) is 6.61 Å². The number of aryl methyl sites for hydroxylation is 2. The first-order valence-electron chi connectivity index (χ1n) is 11.5. The van der Waals surface area contributed by atoms with E-state index in [9.17, 15) is 18.0 Å². The minimum atomic E-state index is -3.87. The summed E-state index contributed by atoms with van der Waals surface area (Å²) in [6.07, 6.45) is 2.54. The number of benzene rings is 2. The molecule has 1 aliphatic heterocycles. The van der Waals surface area contributed by atoms with Gasteiger partial charge in [-0.2, -0.15) is 4.31 Å². The molecule has 1 atom stereocenters. The smallest absolute Gasteiger partial charge is 0.338 e. The van der Waals surface area contributed by atoms with Crippen LogP contribution in [0.2, 0.25) is 0 Å². The highest BCUT2D eigenvalue weighted by Gasteiger charge is 2.33. The Morgan fingerprint density at radius 1 is 1.03 bits per heavy atom. The van der Waals surface area contributed by atoms with Crippen LogP contribution in [-0.4, -0.2) is 50.8 Å². The lowest BCUT2D eigenvalue weighted by atomic mass is 9.92. The van der Waals surface area contributed by atoms with E-state index in [1.54, 1.807) is 0 Å². The Labute approximate surface area is 202 Å². The summed E-state index contributed by atoms with van der Waals surface area (Å²) in [5.41, 5.74) is 4.31. The summed E-state index contributed by atoms with van der Waals surface area (Å²) in [6.45, 7) is 9.49. The Hall–Kier alpha value is -2.71. The molecule has 3 rings (SSSR count). The van der Waals surface area contributed by atoms with Gasteiger partial charge in [0.25, 0.3) is 0 Å². The molecular weight excluding hydrogens is 454 g/mol. The van der Waals surface area contributed by atoms with Gasteiger partial charge in [0.05, 0.1) is 12.7 Å². The zero-order valence-corrected chi connectivity index (χ0v) is 21.5. The lowest BCUT2D eigenvalue weighted by Crippen LogP contribution is -2.42. The number of carbonyl (C=O) groups is 2. The number of ether oxygens (including phenoxy) is 2. The van der Waals surface area contributed by atoms with E-state index >= 15 is 0 Å². The molecule has 0 aromatic heterocycles. The van der Waals surface area contributed by atoms with E-state index in [1.807, 2.05) is 40.7 Å². The first-order chi connectivity index (χ1) is 16.0. The summed E-state index contributed by atoms with van der Waals surface area (Å²) in [5.74, 6) is -0.899. The van der Waals surface area contributed by atoms with Gasteiger partial charge in [0.1, 0.15) is 10.6 Å². The van der Waals surface area contributed by atoms with Gasteiger partial charge in [-0.05, 0) is 87.9 Å². The van der Waals surface area contributed by atoms with E-state index in [-0.39, 0.29) is 28.0 Å². The van der Waals surface area contributed by atoms with Gasteiger partial charge in [-0.25, -0.2) is 13.2 Å². The number of nitrogens with zero attached hydrogens (tertiary/aromatic N) is 1. The average Bonchev–Trinajstić information content (AvgIpc) is 2.81. The van der Waals surface area contributed by atoms with E-state index in [4.69, 9.17) is 9.47 Å². The van der Waals surface area contributed by atoms with Crippen molar-refractivity contribution in [2.24, 2.45) is 0 Å². The number of sulfonamides is 1. The number of Topliss-reactive ketones (excluding diaryl/α,β-unsaturated/α-hetero) is 1. The monoisotopic (exact) mass is 487 g/mol. The predicted molar refractivity (Wildman–Crippen MR) is 130 cm³/mol. The van der Waals surface area contributed by atoms with Crippen molar-refractivity contribution >= 4 is 21.8 Å². The molecule has 34 heavy (non-hydrogen) atoms. The fraction of sp³-hybridized carbons (Fsp3) is 0.462. The van der Waals surface area contributed by atoms with Gasteiger partial charge >= 0.3 is 5.97 Å². The number of ketones is 1. The number of rotatable bonds is 7. The molecule has 0 N–H and O–H groups in total. The molecule has 0 unspecified atom stereocenters. The van der Waals surface area contributed by atoms with Gasteiger partial charge < -0.3 is 9.47 Å². The first-order valence-corrected chi connectivity index (χ1v) is 12.9. The van der Waals surface area contributed by atoms with Crippen LogP contribution < -0.4 is 4.74 Å². The van der Waals surface area contributed by atoms with E-state index in [0.717, 1.165) is 41.5 Å². The Morgan fingerprint density at radius 3 is 2.26 bits per heavy atom. The van der Waals surface area contributed by atoms with Gasteiger partial charge in [0.2, 0.25) is 15.8 Å². The molecular formula is C26H33NO6S. The summed E-state index contributed by atoms with van der Waals surface area (Å²) in [4.78, 5) is 25.6. The molecule has 2 aromatic rings. The van der Waals surface area contributed by atoms with Gasteiger partial charge in [-0.1, -0.05) is 12.5 Å². The molecule has 0 amide bonds. The van der Waals surface area contributed by atoms with E-state index in [0.29, 0.717) is 12.1 Å². The number of piperidine rings is 1. The first kappa shape index (κ1) is 25.9. The summed E-state index contributed by atoms with van der Waals surface area (Å²) < 4.78 is 38.8. The van der Waals surface area contributed by atoms with Crippen LogP contribution >= 0.6 is 0 Å². The quantitative estimate of drug-likeness (QED) is 0.421. The Balaban J connectivity index is 1.85. The molecule has 8 heteroatoms. The summed E-state index contributed by atoms with van der Waals surface area (Å²) in [6, 6.07) is 6.04. The number of esters is 1. The van der Waals surface area contributed by atoms with Crippen LogP contribution in [0.25, 0.3) is 0 Å². The third-order valence-electron chi connectivity index (χ3n) is 6.71. The second-order valence-corrected chi connectivity index (χ2v) is 10.8. The molecule has 0 saturated carbocycles. The van der Waals surface area contributed by atoms with Crippen LogP contribution in [0.5, 0.6) is 5.75 Å². The van der Waals surface area contributed by atoms with E-state index in [1.165, 1.54) is 29.6 Å². The van der Waals surface area contributed by atoms with Crippen molar-refractivity contribution in [3.8, 4) is 5.75 Å². The van der Waals surface area contributed by atoms with Crippen molar-refractivity contribution < 1.29 is 27.5 Å². The maximum atomic E-state index is 13.4. The number of methoxy groups -OCH3 is 1. The highest BCUT2D eigenvalue weighted by atomic mass is 32.2. The average molecular weight is 488 g/mol. The van der Waals surface area contributed by atoms with Crippen LogP contribution in [0.3, 0.4) is 0 Å². The third kappa shape index (κ3) is 5.03. The molecule has 0 spiro atoms. The molecule has 1 heterocycles. The van der Waals surface area contributed by atoms with Gasteiger partial charge in [-0.15, -0.1) is 0 Å². The normalized spacial score (nSPS) is 16.8. The van der Waals surface area contributed by atoms with Crippen molar-refractivity contribution in [1.29, 1.82) is 0 Å². The van der Waals surface area contributed by atoms with Crippen molar-refractivity contribution in [3.63, 3.8) is 0 Å². The number of hydrogen-bond acceptors (Lipinski definition) is 6. The summed E-state index contributed by atoms with van der Waals surface area (Å²) >= 11 is 0. The third-order valence-corrected chi connectivity index (χ3v) is 8.74. The molecule has 7 nitrogen and oxygen atoms in total. The Kier molecular flexibility index (Phi) is 7.83. The van der Waals surface area contributed by atoms with E-state index in [2.05, 4.69) is 0 Å². The van der Waals surface area contributed by atoms with Crippen LogP contribution in [0.1, 0.15) is 69.2 Å². The predicted octanol–water partition coefficient (Wildman–Crippen LogP) is 4.53. The standard InChI is InChI=1S/C26H33NO6S/c1-16-13-17(2)20(5)25(19(16)4)22(28)15-33-26(29)21-10-11-23(32-6)24(14-21)34(30,31)27-12-8-7-9-18(27)3/h10-11,13-14,18H,7-9,12,15H2,1-6H3/t18-/m0/s1. The molecule has 1 saturated heterocycles. The fourth-order valence-electron chi connectivity index (χ4n) is 4.48. The number of hydrogen-bond donors (Lipinski definition) is 0. The van der Waals surface area contributed by atoms with Crippen LogP contribution in [0, 0.1) is 27.7 Å². The molecule has 2 aromatic carbocycles. The Morgan fingerprint density at radius 2 is 1.68 bits per heavy atom. The minimum Gasteiger partial charge on any atom is -0.495 e. The highest BCUT2D eigenvalue weighted by Crippen LogP contribution is 2.32. The molecule has 1 fully saturated rings. The maximum Gasteiger partial charge on any atom is 0.338 e. The van der Waals surface area contributed by atoms with E-state index < -0.39 is 22.6 Å². The second kappa shape index (κ2) is 10.3.